The number of nitrogens with one attached hydrogen (secondary N) is 1. The van der Waals surface area contributed by atoms with Gasteiger partial charge in [-0.05, 0) is 81.7 Å². The summed E-state index contributed by atoms with van der Waals surface area (Å²) < 4.78 is 27.5. The number of halogens is 3. The maximum absolute atomic E-state index is 13.8. The van der Waals surface area contributed by atoms with Crippen LogP contribution in [0.3, 0.4) is 0 Å². The van der Waals surface area contributed by atoms with Crippen molar-refractivity contribution in [2.75, 3.05) is 44.2 Å². The minimum absolute atomic E-state index is 0.0129. The number of aromatic nitrogens is 1. The quantitative estimate of drug-likeness (QED) is 0.373. The van der Waals surface area contributed by atoms with Gasteiger partial charge in [0.15, 0.2) is 5.78 Å². The van der Waals surface area contributed by atoms with Crippen LogP contribution in [-0.2, 0) is 4.79 Å². The number of anilines is 1. The van der Waals surface area contributed by atoms with Gasteiger partial charge in [-0.15, -0.1) is 0 Å². The number of carbonyl (C=O) groups is 3. The smallest absolute Gasteiger partial charge is 0.255 e. The van der Waals surface area contributed by atoms with Crippen molar-refractivity contribution in [3.63, 3.8) is 0 Å². The van der Waals surface area contributed by atoms with Crippen LogP contribution < -0.4 is 4.90 Å². The Hall–Kier alpha value is -2.78. The molecular formula is C32H41ClF2N4O3. The minimum Gasteiger partial charge on any atom is -0.355 e. The second-order valence-electron chi connectivity index (χ2n) is 12.6. The number of fused-ring (bicyclic) bond motifs is 1. The van der Waals surface area contributed by atoms with E-state index >= 15 is 0 Å². The van der Waals surface area contributed by atoms with Gasteiger partial charge < -0.3 is 19.7 Å². The summed E-state index contributed by atoms with van der Waals surface area (Å²) >= 11 is 6.39. The van der Waals surface area contributed by atoms with Crippen LogP contribution in [0.2, 0.25) is 5.02 Å². The molecule has 1 saturated carbocycles. The van der Waals surface area contributed by atoms with Gasteiger partial charge in [0.2, 0.25) is 11.8 Å². The summed E-state index contributed by atoms with van der Waals surface area (Å²) in [5, 5.41) is 0.578. The number of hydrogen-bond donors (Lipinski definition) is 1. The lowest BCUT2D eigenvalue weighted by atomic mass is 9.85. The molecule has 3 aliphatic rings. The fourth-order valence-corrected chi connectivity index (χ4v) is 7.27. The van der Waals surface area contributed by atoms with E-state index in [2.05, 4.69) is 9.88 Å². The van der Waals surface area contributed by atoms with Crippen LogP contribution in [0.25, 0.3) is 0 Å². The van der Waals surface area contributed by atoms with Gasteiger partial charge in [-0.3, -0.25) is 14.4 Å². The average molecular weight is 603 g/mol. The number of amides is 2. The summed E-state index contributed by atoms with van der Waals surface area (Å²) in [6, 6.07) is 5.57. The van der Waals surface area contributed by atoms with Gasteiger partial charge in [-0.2, -0.15) is 0 Å². The Morgan fingerprint density at radius 3 is 2.26 bits per heavy atom. The predicted octanol–water partition coefficient (Wildman–Crippen LogP) is 6.05. The molecule has 5 rings (SSSR count). The summed E-state index contributed by atoms with van der Waals surface area (Å²) in [7, 11) is 0. The van der Waals surface area contributed by atoms with Crippen LogP contribution in [0.5, 0.6) is 0 Å². The number of alkyl halides is 2. The molecule has 2 saturated heterocycles. The number of aromatic amines is 1. The van der Waals surface area contributed by atoms with Gasteiger partial charge in [0.25, 0.3) is 5.91 Å². The zero-order valence-corrected chi connectivity index (χ0v) is 25.7. The maximum atomic E-state index is 13.8. The fourth-order valence-electron chi connectivity index (χ4n) is 7.10. The molecule has 2 aliphatic heterocycles. The fraction of sp³-hybridized carbons (Fsp3) is 0.594. The highest BCUT2D eigenvalue weighted by Crippen LogP contribution is 2.38. The Morgan fingerprint density at radius 1 is 1.05 bits per heavy atom. The molecule has 1 N–H and O–H groups in total. The van der Waals surface area contributed by atoms with E-state index in [0.29, 0.717) is 53.4 Å². The van der Waals surface area contributed by atoms with E-state index in [4.69, 9.17) is 11.6 Å². The molecule has 0 spiro atoms. The molecule has 42 heavy (non-hydrogen) atoms. The number of nitrogens with zero attached hydrogens (tertiary/aromatic N) is 3. The Morgan fingerprint density at radius 2 is 1.69 bits per heavy atom. The molecule has 3 heterocycles. The lowest BCUT2D eigenvalue weighted by molar-refractivity contribution is -0.126. The Labute approximate surface area is 251 Å². The highest BCUT2D eigenvalue weighted by molar-refractivity contribution is 6.31. The summed E-state index contributed by atoms with van der Waals surface area (Å²) in [5.41, 5.74) is 4.20. The van der Waals surface area contributed by atoms with Gasteiger partial charge in [-0.1, -0.05) is 17.7 Å². The molecule has 1 aromatic heterocycles. The molecule has 228 valence electrons. The van der Waals surface area contributed by atoms with Gasteiger partial charge in [-0.25, -0.2) is 8.78 Å². The molecule has 1 aromatic carbocycles. The summed E-state index contributed by atoms with van der Waals surface area (Å²) in [6.07, 6.45) is 0.652. The molecule has 3 fully saturated rings. The Balaban J connectivity index is 1.17. The summed E-state index contributed by atoms with van der Waals surface area (Å²) in [6.45, 7) is 11.5. The topological polar surface area (TPSA) is 76.7 Å². The van der Waals surface area contributed by atoms with Gasteiger partial charge in [0, 0.05) is 74.8 Å². The SMILES string of the molecule is CC(=O)c1[nH]c(C)c(C(=O)N2CC3CN(CCCN(C(=O)C4CCC(F)(F)CC4)c4ccc(C)c(Cl)c4)CC3C2)c1C. The molecule has 0 bridgehead atoms. The Bertz CT molecular complexity index is 1350. The van der Waals surface area contributed by atoms with Crippen molar-refractivity contribution in [2.45, 2.75) is 65.7 Å². The first-order valence-electron chi connectivity index (χ1n) is 15.0. The molecule has 10 heteroatoms. The predicted molar refractivity (Wildman–Crippen MR) is 160 cm³/mol. The molecule has 7 nitrogen and oxygen atoms in total. The van der Waals surface area contributed by atoms with Crippen LogP contribution >= 0.6 is 11.6 Å². The summed E-state index contributed by atoms with van der Waals surface area (Å²) in [4.78, 5) is 48.0. The number of rotatable bonds is 8. The van der Waals surface area contributed by atoms with Crippen molar-refractivity contribution in [3.05, 3.63) is 51.3 Å². The molecule has 2 atom stereocenters. The summed E-state index contributed by atoms with van der Waals surface area (Å²) in [5.74, 6) is -2.49. The van der Waals surface area contributed by atoms with E-state index in [-0.39, 0.29) is 43.3 Å². The molecule has 2 unspecified atom stereocenters. The Kier molecular flexibility index (Phi) is 8.82. The van der Waals surface area contributed by atoms with E-state index in [1.54, 1.807) is 11.0 Å². The van der Waals surface area contributed by atoms with Crippen LogP contribution in [0.1, 0.15) is 76.7 Å². The number of carbonyl (C=O) groups excluding carboxylic acids is 3. The van der Waals surface area contributed by atoms with Crippen molar-refractivity contribution in [1.29, 1.82) is 0 Å². The van der Waals surface area contributed by atoms with E-state index in [1.807, 2.05) is 37.8 Å². The van der Waals surface area contributed by atoms with Crippen molar-refractivity contribution >= 4 is 34.9 Å². The second kappa shape index (κ2) is 12.1. The maximum Gasteiger partial charge on any atom is 0.255 e. The average Bonchev–Trinajstić information content (AvgIpc) is 3.59. The number of aryl methyl sites for hydroxylation is 2. The lowest BCUT2D eigenvalue weighted by Gasteiger charge is -2.32. The van der Waals surface area contributed by atoms with Crippen LogP contribution in [0.4, 0.5) is 14.5 Å². The molecule has 2 amide bonds. The second-order valence-corrected chi connectivity index (χ2v) is 13.0. The minimum atomic E-state index is -2.68. The van der Waals surface area contributed by atoms with Crippen molar-refractivity contribution in [2.24, 2.45) is 17.8 Å². The van der Waals surface area contributed by atoms with Crippen LogP contribution in [0.15, 0.2) is 18.2 Å². The molecule has 2 aromatic rings. The zero-order chi connectivity index (χ0) is 30.3. The lowest BCUT2D eigenvalue weighted by Crippen LogP contribution is -2.41. The zero-order valence-electron chi connectivity index (χ0n) is 24.9. The third kappa shape index (κ3) is 6.27. The van der Waals surface area contributed by atoms with E-state index in [9.17, 15) is 23.2 Å². The van der Waals surface area contributed by atoms with Crippen molar-refractivity contribution in [3.8, 4) is 0 Å². The van der Waals surface area contributed by atoms with Gasteiger partial charge in [0.05, 0.1) is 11.3 Å². The molecule has 1 aliphatic carbocycles. The standard InChI is InChI=1S/C32H41ClF2N4O3/c1-19-6-7-26(14-27(19)33)39(30(41)23-8-10-32(34,35)11-9-23)13-5-12-37-15-24-17-38(18-25(24)16-37)31(42)28-20(2)29(22(4)40)36-21(28)3/h6-7,14,23-25,36H,5,8-13,15-18H2,1-4H3. The number of H-pyrrole nitrogens is 1. The largest absolute Gasteiger partial charge is 0.355 e. The highest BCUT2D eigenvalue weighted by atomic mass is 35.5. The van der Waals surface area contributed by atoms with Crippen molar-refractivity contribution in [1.82, 2.24) is 14.8 Å². The molecular weight excluding hydrogens is 562 g/mol. The number of Topliss-reactive ketones (excluding diaryl/α,β-unsaturated/α-hetero) is 1. The monoisotopic (exact) mass is 602 g/mol. The first-order valence-corrected chi connectivity index (χ1v) is 15.4. The first kappa shape index (κ1) is 30.7. The normalized spacial score (nSPS) is 22.4. The number of likely N-dealkylation sites (tertiary alicyclic amines) is 2. The highest BCUT2D eigenvalue weighted by Gasteiger charge is 2.43. The number of ketones is 1. The third-order valence-electron chi connectivity index (χ3n) is 9.51. The van der Waals surface area contributed by atoms with E-state index < -0.39 is 11.8 Å². The van der Waals surface area contributed by atoms with Gasteiger partial charge in [0.1, 0.15) is 0 Å². The van der Waals surface area contributed by atoms with Crippen molar-refractivity contribution < 1.29 is 23.2 Å². The third-order valence-corrected chi connectivity index (χ3v) is 9.92. The van der Waals surface area contributed by atoms with Crippen LogP contribution in [-0.4, -0.2) is 77.6 Å². The number of benzene rings is 1. The van der Waals surface area contributed by atoms with Gasteiger partial charge >= 0.3 is 0 Å². The van der Waals surface area contributed by atoms with E-state index in [0.717, 1.165) is 42.9 Å². The first-order chi connectivity index (χ1) is 19.8. The number of hydrogen-bond acceptors (Lipinski definition) is 4. The molecule has 0 radical (unpaired) electrons. The van der Waals surface area contributed by atoms with E-state index in [1.165, 1.54) is 6.92 Å². The van der Waals surface area contributed by atoms with Crippen LogP contribution in [0, 0.1) is 38.5 Å².